The van der Waals surface area contributed by atoms with Crippen LogP contribution >= 0.6 is 0 Å². The number of rotatable bonds is 0. The van der Waals surface area contributed by atoms with E-state index in [-0.39, 0.29) is 30.4 Å². The Hall–Kier alpha value is 0.223. The van der Waals surface area contributed by atoms with Gasteiger partial charge in [-0.05, 0) is 98.7 Å². The van der Waals surface area contributed by atoms with Crippen molar-refractivity contribution >= 4 is 0 Å². The van der Waals surface area contributed by atoms with Crippen molar-refractivity contribution in [3.8, 4) is 0 Å². The van der Waals surface area contributed by atoms with E-state index in [2.05, 4.69) is 42.5 Å². The van der Waals surface area contributed by atoms with E-state index in [0.29, 0.717) is 49.3 Å². The molecule has 0 aromatic rings. The monoisotopic (exact) mass is 650 g/mol. The Morgan fingerprint density at radius 2 is 0.349 bits per heavy atom. The van der Waals surface area contributed by atoms with Crippen molar-refractivity contribution in [1.29, 1.82) is 0 Å². The normalized spacial score (nSPS) is 53.6. The zero-order valence-corrected chi connectivity index (χ0v) is 29.1. The molecule has 5 heterocycles. The number of hydrogen-bond acceptors (Lipinski definition) is 10. The third-order valence-electron chi connectivity index (χ3n) is 13.8. The minimum Gasteiger partial charge on any atom is -0.870 e. The van der Waals surface area contributed by atoms with Gasteiger partial charge in [0.15, 0.2) is 0 Å². The Balaban J connectivity index is 0.00000110. The van der Waals surface area contributed by atoms with Crippen LogP contribution in [0, 0.1) is 47.3 Å². The van der Waals surface area contributed by atoms with Gasteiger partial charge < -0.3 is 11.0 Å². The molecule has 8 bridgehead atoms. The van der Waals surface area contributed by atoms with Crippen LogP contribution < -0.4 is 42.5 Å². The first kappa shape index (κ1) is 33.1. The second kappa shape index (κ2) is 13.8. The molecule has 5 saturated heterocycles. The third kappa shape index (κ3) is 5.83. The minimum atomic E-state index is 0. The van der Waals surface area contributed by atoms with Crippen LogP contribution in [0.5, 0.6) is 0 Å². The second-order valence-corrected chi connectivity index (χ2v) is 15.6. The molecule has 8 atom stereocenters. The van der Waals surface area contributed by atoms with E-state index in [1.54, 1.807) is 0 Å². The molecule has 4 aliphatic carbocycles. The van der Waals surface area contributed by atoms with E-state index in [4.69, 9.17) is 0 Å². The number of hydrogen-bond donors (Lipinski definition) is 8. The Kier molecular flexibility index (Phi) is 10.6. The second-order valence-electron chi connectivity index (χ2n) is 15.6. The predicted octanol–water partition coefficient (Wildman–Crippen LogP) is 2.25. The van der Waals surface area contributed by atoms with E-state index in [1.165, 1.54) is 103 Å². The van der Waals surface area contributed by atoms with Gasteiger partial charge in [0, 0.05) is 0 Å². The van der Waals surface area contributed by atoms with Gasteiger partial charge in [-0.15, -0.1) is 0 Å². The van der Waals surface area contributed by atoms with E-state index >= 15 is 0 Å². The first-order valence-corrected chi connectivity index (χ1v) is 17.9. The maximum atomic E-state index is 4.26. The van der Waals surface area contributed by atoms with Crippen molar-refractivity contribution in [2.75, 3.05) is 0 Å². The van der Waals surface area contributed by atoms with Crippen LogP contribution in [0.4, 0.5) is 0 Å². The molecule has 11 heteroatoms. The zero-order chi connectivity index (χ0) is 26.2. The maximum absolute atomic E-state index is 4.26. The molecule has 10 nitrogen and oxygen atoms in total. The molecular formula is C32H58N8O2Zn. The summed E-state index contributed by atoms with van der Waals surface area (Å²) >= 11 is 0. The Morgan fingerprint density at radius 3 is 0.465 bits per heavy atom. The molecule has 240 valence electrons. The molecule has 10 N–H and O–H groups in total. The van der Waals surface area contributed by atoms with Crippen molar-refractivity contribution in [1.82, 2.24) is 42.5 Å². The quantitative estimate of drug-likeness (QED) is 0.183. The van der Waals surface area contributed by atoms with Gasteiger partial charge in [-0.1, -0.05) is 51.4 Å². The molecule has 0 spiro atoms. The summed E-state index contributed by atoms with van der Waals surface area (Å²) in [6, 6.07) is 0. The molecule has 5 aliphatic heterocycles. The van der Waals surface area contributed by atoms with Gasteiger partial charge in [0.25, 0.3) is 0 Å². The summed E-state index contributed by atoms with van der Waals surface area (Å²) in [5.41, 5.74) is 0. The maximum Gasteiger partial charge on any atom is 2.00 e. The molecule has 0 aromatic heterocycles. The van der Waals surface area contributed by atoms with Gasteiger partial charge in [0.2, 0.25) is 0 Å². The van der Waals surface area contributed by atoms with Crippen LogP contribution in [0.3, 0.4) is 0 Å². The predicted molar refractivity (Wildman–Crippen MR) is 161 cm³/mol. The third-order valence-corrected chi connectivity index (χ3v) is 13.8. The van der Waals surface area contributed by atoms with Crippen LogP contribution in [0.2, 0.25) is 0 Å². The topological polar surface area (TPSA) is 156 Å². The van der Waals surface area contributed by atoms with Crippen LogP contribution in [-0.4, -0.2) is 60.3 Å². The largest absolute Gasteiger partial charge is 2.00 e. The summed E-state index contributed by atoms with van der Waals surface area (Å²) in [6.07, 6.45) is 25.6. The Labute approximate surface area is 271 Å². The summed E-state index contributed by atoms with van der Waals surface area (Å²) in [5.74, 6) is 5.97. The number of nitrogens with one attached hydrogen (secondary N) is 8. The molecule has 9 aliphatic rings. The molecule has 0 radical (unpaired) electrons. The average Bonchev–Trinajstić information content (AvgIpc) is 3.73. The van der Waals surface area contributed by atoms with Gasteiger partial charge >= 0.3 is 19.5 Å². The van der Waals surface area contributed by atoms with Crippen molar-refractivity contribution < 1.29 is 30.4 Å². The van der Waals surface area contributed by atoms with Gasteiger partial charge in [-0.3, -0.25) is 42.5 Å². The van der Waals surface area contributed by atoms with Crippen molar-refractivity contribution in [3.05, 3.63) is 0 Å². The fourth-order valence-electron chi connectivity index (χ4n) is 12.0. The molecule has 0 aromatic carbocycles. The SMILES string of the molecule is C1CCC2C3NC(NC4NC(NC5NC(NC6NC(N3)C3CCCCC63)C3CCCCC53)C3CCCCC43)C2C1.[OH-].[OH-].[Zn+2]. The Bertz CT molecular complexity index is 728. The van der Waals surface area contributed by atoms with Crippen LogP contribution in [0.1, 0.15) is 103 Å². The molecule has 4 saturated carbocycles. The van der Waals surface area contributed by atoms with E-state index in [0.717, 1.165) is 47.3 Å². The average molecular weight is 652 g/mol. The molecule has 9 fully saturated rings. The van der Waals surface area contributed by atoms with Crippen molar-refractivity contribution in [2.24, 2.45) is 47.3 Å². The fourth-order valence-corrected chi connectivity index (χ4v) is 12.0. The first-order chi connectivity index (χ1) is 19.8. The van der Waals surface area contributed by atoms with E-state index in [1.807, 2.05) is 0 Å². The van der Waals surface area contributed by atoms with Crippen molar-refractivity contribution in [2.45, 2.75) is 152 Å². The summed E-state index contributed by atoms with van der Waals surface area (Å²) in [4.78, 5) is 0. The van der Waals surface area contributed by atoms with Crippen LogP contribution in [0.15, 0.2) is 0 Å². The van der Waals surface area contributed by atoms with E-state index < -0.39 is 0 Å². The van der Waals surface area contributed by atoms with Crippen LogP contribution in [0.25, 0.3) is 0 Å². The molecule has 0 amide bonds. The summed E-state index contributed by atoms with van der Waals surface area (Å²) < 4.78 is 0. The van der Waals surface area contributed by atoms with Gasteiger partial charge in [-0.25, -0.2) is 0 Å². The standard InChI is InChI=1S/C32H56N8.2H2O.Zn/c1-2-10-18-17(9-1)25-33-26(18)38-28-21-13-5-6-14-22(21)30(35-28)40-32-24-16-8-7-15-23(24)31(36-32)39-29-20-12-4-3-11-19(20)27(34-29)37-25;;;/h17-40H,1-16H2;2*1H2;/q;;;+2/p-2. The first-order valence-electron chi connectivity index (χ1n) is 17.9. The summed E-state index contributed by atoms with van der Waals surface area (Å²) in [5, 5.41) is 33.8. The van der Waals surface area contributed by atoms with Gasteiger partial charge in [0.1, 0.15) is 0 Å². The van der Waals surface area contributed by atoms with Crippen molar-refractivity contribution in [3.63, 3.8) is 0 Å². The summed E-state index contributed by atoms with van der Waals surface area (Å²) in [6.45, 7) is 0. The Morgan fingerprint density at radius 1 is 0.233 bits per heavy atom. The zero-order valence-electron chi connectivity index (χ0n) is 26.2. The smallest absolute Gasteiger partial charge is 0.870 e. The molecular weight excluding hydrogens is 594 g/mol. The molecule has 8 unspecified atom stereocenters. The molecule has 43 heavy (non-hydrogen) atoms. The minimum absolute atomic E-state index is 0. The fraction of sp³-hybridized carbons (Fsp3) is 1.00. The van der Waals surface area contributed by atoms with Gasteiger partial charge in [-0.2, -0.15) is 0 Å². The van der Waals surface area contributed by atoms with Crippen LogP contribution in [-0.2, 0) is 19.5 Å². The number of fused-ring (bicyclic) bond motifs is 20. The van der Waals surface area contributed by atoms with E-state index in [9.17, 15) is 0 Å². The summed E-state index contributed by atoms with van der Waals surface area (Å²) in [7, 11) is 0. The molecule has 9 rings (SSSR count). The van der Waals surface area contributed by atoms with Gasteiger partial charge in [0.05, 0.1) is 49.3 Å².